The molecule has 7 heteroatoms. The Morgan fingerprint density at radius 3 is 2.41 bits per heavy atom. The van der Waals surface area contributed by atoms with Crippen molar-refractivity contribution < 1.29 is 17.9 Å². The van der Waals surface area contributed by atoms with Crippen LogP contribution in [0.15, 0.2) is 42.5 Å². The Kier molecular flexibility index (Phi) is 5.02. The number of nitrogens with zero attached hydrogens (tertiary/aromatic N) is 2. The van der Waals surface area contributed by atoms with Crippen LogP contribution in [-0.4, -0.2) is 49.5 Å². The van der Waals surface area contributed by atoms with Gasteiger partial charge in [0.05, 0.1) is 30.2 Å². The third kappa shape index (κ3) is 3.71. The first-order valence-corrected chi connectivity index (χ1v) is 11.7. The molecule has 2 unspecified atom stereocenters. The predicted molar refractivity (Wildman–Crippen MR) is 113 cm³/mol. The Bertz CT molecular complexity index is 1030. The van der Waals surface area contributed by atoms with E-state index in [4.69, 9.17) is 4.74 Å². The van der Waals surface area contributed by atoms with E-state index < -0.39 is 9.84 Å². The van der Waals surface area contributed by atoms with Gasteiger partial charge in [-0.3, -0.25) is 4.90 Å². The molecule has 2 aliphatic rings. The zero-order valence-corrected chi connectivity index (χ0v) is 17.8. The van der Waals surface area contributed by atoms with E-state index in [2.05, 4.69) is 6.07 Å². The molecular weight excluding hydrogens is 388 g/mol. The molecule has 0 radical (unpaired) electrons. The van der Waals surface area contributed by atoms with Crippen LogP contribution in [0.1, 0.15) is 23.6 Å². The van der Waals surface area contributed by atoms with E-state index in [0.717, 1.165) is 22.4 Å². The topological polar surface area (TPSA) is 66.9 Å². The third-order valence-corrected chi connectivity index (χ3v) is 7.45. The molecule has 0 saturated carbocycles. The lowest BCUT2D eigenvalue weighted by atomic mass is 10.0. The normalized spacial score (nSPS) is 22.8. The summed E-state index contributed by atoms with van der Waals surface area (Å²) >= 11 is 0. The standard InChI is InChI=1S/C22H26N2O4S/c1-4-28-19-9-7-18(8-10-19)24-21-14-29(26,27)13-20(21)23(22(24)25)12-17-11-15(2)5-6-16(17)3/h5-11,20-21H,4,12-14H2,1-3H3. The zero-order valence-electron chi connectivity index (χ0n) is 17.0. The summed E-state index contributed by atoms with van der Waals surface area (Å²) in [4.78, 5) is 16.7. The molecule has 29 heavy (non-hydrogen) atoms. The maximum absolute atomic E-state index is 13.4. The van der Waals surface area contributed by atoms with Crippen molar-refractivity contribution in [3.8, 4) is 5.75 Å². The van der Waals surface area contributed by atoms with E-state index in [9.17, 15) is 13.2 Å². The number of ether oxygens (including phenoxy) is 1. The summed E-state index contributed by atoms with van der Waals surface area (Å²) in [5.41, 5.74) is 3.97. The van der Waals surface area contributed by atoms with Crippen LogP contribution in [0.25, 0.3) is 0 Å². The minimum atomic E-state index is -3.19. The number of rotatable bonds is 5. The van der Waals surface area contributed by atoms with E-state index in [1.54, 1.807) is 9.80 Å². The monoisotopic (exact) mass is 414 g/mol. The lowest BCUT2D eigenvalue weighted by Gasteiger charge is -2.23. The van der Waals surface area contributed by atoms with Crippen LogP contribution in [0.3, 0.4) is 0 Å². The molecule has 0 N–H and O–H groups in total. The molecule has 6 nitrogen and oxygen atoms in total. The largest absolute Gasteiger partial charge is 0.494 e. The lowest BCUT2D eigenvalue weighted by Crippen LogP contribution is -2.37. The SMILES string of the molecule is CCOc1ccc(N2C(=O)N(Cc3cc(C)ccc3C)C3CS(=O)(=O)CC32)cc1. The van der Waals surface area contributed by atoms with Crippen LogP contribution >= 0.6 is 0 Å². The summed E-state index contributed by atoms with van der Waals surface area (Å²) in [6.07, 6.45) is 0. The Balaban J connectivity index is 1.68. The minimum absolute atomic E-state index is 0.0000816. The summed E-state index contributed by atoms with van der Waals surface area (Å²) in [5.74, 6) is 0.743. The van der Waals surface area contributed by atoms with Gasteiger partial charge in [-0.1, -0.05) is 23.8 Å². The zero-order chi connectivity index (χ0) is 20.8. The molecule has 2 atom stereocenters. The van der Waals surface area contributed by atoms with Crippen molar-refractivity contribution in [3.63, 3.8) is 0 Å². The molecular formula is C22H26N2O4S. The molecule has 2 amide bonds. The fourth-order valence-corrected chi connectivity index (χ4v) is 6.24. The molecule has 0 spiro atoms. The van der Waals surface area contributed by atoms with Crippen molar-refractivity contribution in [2.45, 2.75) is 39.4 Å². The molecule has 0 aromatic heterocycles. The molecule has 2 heterocycles. The Labute approximate surface area is 172 Å². The summed E-state index contributed by atoms with van der Waals surface area (Å²) < 4.78 is 30.3. The van der Waals surface area contributed by atoms with Gasteiger partial charge in [0.15, 0.2) is 9.84 Å². The van der Waals surface area contributed by atoms with Gasteiger partial charge in [-0.25, -0.2) is 13.2 Å². The van der Waals surface area contributed by atoms with Crippen LogP contribution in [0.4, 0.5) is 10.5 Å². The van der Waals surface area contributed by atoms with Crippen molar-refractivity contribution in [2.75, 3.05) is 23.0 Å². The van der Waals surface area contributed by atoms with Gasteiger partial charge in [0, 0.05) is 12.2 Å². The first-order valence-electron chi connectivity index (χ1n) is 9.88. The molecule has 2 saturated heterocycles. The van der Waals surface area contributed by atoms with E-state index >= 15 is 0 Å². The molecule has 4 rings (SSSR count). The fraction of sp³-hybridized carbons (Fsp3) is 0.409. The molecule has 154 valence electrons. The lowest BCUT2D eigenvalue weighted by molar-refractivity contribution is 0.205. The van der Waals surface area contributed by atoms with Gasteiger partial charge in [-0.2, -0.15) is 0 Å². The van der Waals surface area contributed by atoms with Crippen molar-refractivity contribution in [3.05, 3.63) is 59.2 Å². The summed E-state index contributed by atoms with van der Waals surface area (Å²) in [6, 6.07) is 12.6. The van der Waals surface area contributed by atoms with E-state index in [1.807, 2.05) is 57.2 Å². The van der Waals surface area contributed by atoms with Gasteiger partial charge in [-0.05, 0) is 56.2 Å². The highest BCUT2D eigenvalue weighted by atomic mass is 32.2. The van der Waals surface area contributed by atoms with Crippen LogP contribution in [-0.2, 0) is 16.4 Å². The predicted octanol–water partition coefficient (Wildman–Crippen LogP) is 3.31. The summed E-state index contributed by atoms with van der Waals surface area (Å²) in [7, 11) is -3.19. The average molecular weight is 415 g/mol. The maximum atomic E-state index is 13.4. The number of amides is 2. The molecule has 2 aromatic carbocycles. The molecule has 2 aliphatic heterocycles. The van der Waals surface area contributed by atoms with Crippen molar-refractivity contribution >= 4 is 21.6 Å². The van der Waals surface area contributed by atoms with E-state index in [1.165, 1.54) is 0 Å². The fourth-order valence-electron chi connectivity index (χ4n) is 4.29. The molecule has 0 bridgehead atoms. The number of fused-ring (bicyclic) bond motifs is 1. The van der Waals surface area contributed by atoms with Gasteiger partial charge >= 0.3 is 6.03 Å². The number of carbonyl (C=O) groups excluding carboxylic acids is 1. The number of hydrogen-bond donors (Lipinski definition) is 0. The molecule has 0 aliphatic carbocycles. The van der Waals surface area contributed by atoms with Gasteiger partial charge in [-0.15, -0.1) is 0 Å². The Hall–Kier alpha value is -2.54. The summed E-state index contributed by atoms with van der Waals surface area (Å²) in [5, 5.41) is 0. The average Bonchev–Trinajstić information content (AvgIpc) is 3.10. The van der Waals surface area contributed by atoms with Gasteiger partial charge in [0.1, 0.15) is 5.75 Å². The second kappa shape index (κ2) is 7.37. The van der Waals surface area contributed by atoms with Crippen molar-refractivity contribution in [1.82, 2.24) is 4.90 Å². The number of urea groups is 1. The van der Waals surface area contributed by atoms with Crippen molar-refractivity contribution in [1.29, 1.82) is 0 Å². The Morgan fingerprint density at radius 1 is 1.03 bits per heavy atom. The molecule has 2 aromatic rings. The summed E-state index contributed by atoms with van der Waals surface area (Å²) in [6.45, 7) is 6.92. The quantitative estimate of drug-likeness (QED) is 0.704. The third-order valence-electron chi connectivity index (χ3n) is 5.75. The number of benzene rings is 2. The number of anilines is 1. The smallest absolute Gasteiger partial charge is 0.325 e. The maximum Gasteiger partial charge on any atom is 0.325 e. The second-order valence-electron chi connectivity index (χ2n) is 7.85. The number of hydrogen-bond acceptors (Lipinski definition) is 4. The van der Waals surface area contributed by atoms with E-state index in [-0.39, 0.29) is 29.6 Å². The van der Waals surface area contributed by atoms with Gasteiger partial charge in [0.25, 0.3) is 0 Å². The first kappa shape index (κ1) is 19.8. The van der Waals surface area contributed by atoms with Gasteiger partial charge < -0.3 is 9.64 Å². The minimum Gasteiger partial charge on any atom is -0.494 e. The first-order chi connectivity index (χ1) is 13.8. The highest BCUT2D eigenvalue weighted by molar-refractivity contribution is 7.91. The van der Waals surface area contributed by atoms with Crippen LogP contribution in [0.5, 0.6) is 5.75 Å². The van der Waals surface area contributed by atoms with Crippen LogP contribution < -0.4 is 9.64 Å². The molecule has 2 fully saturated rings. The van der Waals surface area contributed by atoms with Crippen LogP contribution in [0, 0.1) is 13.8 Å². The highest BCUT2D eigenvalue weighted by Crippen LogP contribution is 2.36. The van der Waals surface area contributed by atoms with Crippen molar-refractivity contribution in [2.24, 2.45) is 0 Å². The second-order valence-corrected chi connectivity index (χ2v) is 10.0. The number of aryl methyl sites for hydroxylation is 2. The number of carbonyl (C=O) groups is 1. The van der Waals surface area contributed by atoms with Gasteiger partial charge in [0.2, 0.25) is 0 Å². The highest BCUT2D eigenvalue weighted by Gasteiger charge is 2.53. The van der Waals surface area contributed by atoms with Crippen LogP contribution in [0.2, 0.25) is 0 Å². The van der Waals surface area contributed by atoms with E-state index in [0.29, 0.717) is 18.8 Å². The number of sulfone groups is 1. The Morgan fingerprint density at radius 2 is 1.72 bits per heavy atom.